The van der Waals surface area contributed by atoms with Gasteiger partial charge in [-0.2, -0.15) is 0 Å². The van der Waals surface area contributed by atoms with E-state index in [9.17, 15) is 19.5 Å². The summed E-state index contributed by atoms with van der Waals surface area (Å²) in [4.78, 5) is 38.7. The van der Waals surface area contributed by atoms with Crippen molar-refractivity contribution in [1.82, 2.24) is 10.6 Å². The summed E-state index contributed by atoms with van der Waals surface area (Å²) in [5, 5.41) is 15.5. The quantitative estimate of drug-likeness (QED) is 0.363. The molecule has 2 amide bonds. The van der Waals surface area contributed by atoms with Crippen LogP contribution >= 0.6 is 0 Å². The van der Waals surface area contributed by atoms with Crippen LogP contribution in [-0.2, 0) is 32.0 Å². The first kappa shape index (κ1) is 29.1. The predicted molar refractivity (Wildman–Crippen MR) is 147 cm³/mol. The number of aliphatic hydroxyl groups is 1. The number of rotatable bonds is 8. The molecule has 38 heavy (non-hydrogen) atoms. The molecule has 0 fully saturated rings. The average molecular weight is 521 g/mol. The van der Waals surface area contributed by atoms with Crippen LogP contribution in [0.5, 0.6) is 0 Å². The van der Waals surface area contributed by atoms with Crippen molar-refractivity contribution in [2.45, 2.75) is 64.0 Å². The van der Waals surface area contributed by atoms with Gasteiger partial charge in [-0.15, -0.1) is 0 Å². The second-order valence-corrected chi connectivity index (χ2v) is 10.1. The Labute approximate surface area is 225 Å². The maximum Gasteiger partial charge on any atom is 0.309 e. The van der Waals surface area contributed by atoms with Crippen LogP contribution in [0.2, 0.25) is 0 Å². The number of amides is 2. The molecule has 0 saturated heterocycles. The van der Waals surface area contributed by atoms with E-state index in [1.165, 1.54) is 0 Å². The number of cyclic esters (lactones) is 1. The van der Waals surface area contributed by atoms with Crippen LogP contribution in [0.3, 0.4) is 0 Å². The Hall–Kier alpha value is -3.45. The Morgan fingerprint density at radius 3 is 2.39 bits per heavy atom. The maximum absolute atomic E-state index is 13.0. The molecule has 0 aromatic heterocycles. The summed E-state index contributed by atoms with van der Waals surface area (Å²) in [5.74, 6) is -1.58. The normalized spacial score (nSPS) is 22.0. The molecular weight excluding hydrogens is 480 g/mol. The summed E-state index contributed by atoms with van der Waals surface area (Å²) in [6.45, 7) is 1.75. The summed E-state index contributed by atoms with van der Waals surface area (Å²) in [6, 6.07) is 19.1. The van der Waals surface area contributed by atoms with E-state index in [2.05, 4.69) is 10.6 Å². The van der Waals surface area contributed by atoms with Crippen molar-refractivity contribution in [3.8, 4) is 0 Å². The first-order valence-electron chi connectivity index (χ1n) is 13.6. The molecule has 0 radical (unpaired) electrons. The lowest BCUT2D eigenvalue weighted by atomic mass is 9.93. The zero-order valence-electron chi connectivity index (χ0n) is 22.2. The van der Waals surface area contributed by atoms with Crippen LogP contribution in [0, 0.1) is 11.8 Å². The Morgan fingerprint density at radius 1 is 1.03 bits per heavy atom. The number of benzene rings is 2. The molecule has 0 bridgehead atoms. The Bertz CT molecular complexity index is 1040. The maximum atomic E-state index is 13.0. The number of ether oxygens (including phenoxy) is 1. The minimum Gasteiger partial charge on any atom is -0.461 e. The predicted octanol–water partition coefficient (Wildman–Crippen LogP) is 3.75. The molecule has 0 unspecified atom stereocenters. The number of hydrogen-bond donors (Lipinski definition) is 3. The van der Waals surface area contributed by atoms with Crippen molar-refractivity contribution in [2.75, 3.05) is 13.2 Å². The number of hydrogen-bond acceptors (Lipinski definition) is 5. The van der Waals surface area contributed by atoms with Gasteiger partial charge >= 0.3 is 5.97 Å². The fourth-order valence-corrected chi connectivity index (χ4v) is 4.64. The lowest BCUT2D eigenvalue weighted by molar-refractivity contribution is -0.153. The third-order valence-electron chi connectivity index (χ3n) is 6.76. The third-order valence-corrected chi connectivity index (χ3v) is 6.76. The molecule has 0 aliphatic carbocycles. The van der Waals surface area contributed by atoms with E-state index in [0.29, 0.717) is 25.7 Å². The summed E-state index contributed by atoms with van der Waals surface area (Å²) >= 11 is 0. The van der Waals surface area contributed by atoms with E-state index >= 15 is 0 Å². The highest BCUT2D eigenvalue weighted by Crippen LogP contribution is 2.19. The molecule has 2 aromatic rings. The smallest absolute Gasteiger partial charge is 0.309 e. The largest absolute Gasteiger partial charge is 0.461 e. The second kappa shape index (κ2) is 15.7. The van der Waals surface area contributed by atoms with E-state index < -0.39 is 18.1 Å². The molecule has 1 aliphatic rings. The van der Waals surface area contributed by atoms with Crippen LogP contribution in [-0.4, -0.2) is 48.2 Å². The van der Waals surface area contributed by atoms with Crippen LogP contribution in [0.4, 0.5) is 0 Å². The van der Waals surface area contributed by atoms with Gasteiger partial charge in [0.1, 0.15) is 6.10 Å². The first-order valence-corrected chi connectivity index (χ1v) is 13.6. The molecule has 7 heteroatoms. The fraction of sp³-hybridized carbons (Fsp3) is 0.452. The van der Waals surface area contributed by atoms with Crippen molar-refractivity contribution in [2.24, 2.45) is 11.8 Å². The topological polar surface area (TPSA) is 105 Å². The number of allylic oxidation sites excluding steroid dienone is 2. The van der Waals surface area contributed by atoms with Crippen molar-refractivity contribution in [1.29, 1.82) is 0 Å². The lowest BCUT2D eigenvalue weighted by Crippen LogP contribution is -2.42. The molecular formula is C31H40N2O5. The van der Waals surface area contributed by atoms with Gasteiger partial charge in [-0.3, -0.25) is 14.4 Å². The van der Waals surface area contributed by atoms with E-state index in [1.54, 1.807) is 6.92 Å². The molecule has 4 atom stereocenters. The van der Waals surface area contributed by atoms with Crippen molar-refractivity contribution < 1.29 is 24.2 Å². The van der Waals surface area contributed by atoms with Crippen LogP contribution in [0.1, 0.15) is 50.2 Å². The molecule has 1 heterocycles. The summed E-state index contributed by atoms with van der Waals surface area (Å²) in [7, 11) is 0. The van der Waals surface area contributed by atoms with Crippen LogP contribution in [0.15, 0.2) is 72.8 Å². The standard InChI is InChI=1S/C31H40N2O5/c1-23-21-32-30(36)26(20-29(35)33-28(22-34)19-25-14-8-5-9-15-25)16-10-2-3-11-17-27(31(37)38-23)18-24-12-6-4-7-13-24/h2,4-10,12-15,23,26-28,34H,3,11,16-22H2,1H3,(H,32,36)(H,33,35)/t23-,26+,27+,28-/m0/s1. The van der Waals surface area contributed by atoms with Crippen molar-refractivity contribution >= 4 is 17.8 Å². The van der Waals surface area contributed by atoms with Gasteiger partial charge in [-0.05, 0) is 56.6 Å². The van der Waals surface area contributed by atoms with Crippen molar-refractivity contribution in [3.63, 3.8) is 0 Å². The number of nitrogens with one attached hydrogen (secondary N) is 2. The highest BCUT2D eigenvalue weighted by atomic mass is 16.5. The minimum atomic E-state index is -0.556. The molecule has 1 aliphatic heterocycles. The van der Waals surface area contributed by atoms with E-state index in [-0.39, 0.29) is 43.3 Å². The van der Waals surface area contributed by atoms with Gasteiger partial charge in [0.2, 0.25) is 11.8 Å². The van der Waals surface area contributed by atoms with Gasteiger partial charge in [-0.1, -0.05) is 72.8 Å². The molecule has 3 N–H and O–H groups in total. The van der Waals surface area contributed by atoms with Crippen LogP contribution < -0.4 is 10.6 Å². The number of aliphatic hydroxyl groups excluding tert-OH is 1. The number of esters is 1. The highest BCUT2D eigenvalue weighted by molar-refractivity contribution is 5.86. The van der Waals surface area contributed by atoms with Gasteiger partial charge in [0.25, 0.3) is 0 Å². The van der Waals surface area contributed by atoms with Crippen LogP contribution in [0.25, 0.3) is 0 Å². The fourth-order valence-electron chi connectivity index (χ4n) is 4.64. The Kier molecular flexibility index (Phi) is 12.0. The monoisotopic (exact) mass is 520 g/mol. The molecule has 3 rings (SSSR count). The zero-order chi connectivity index (χ0) is 27.2. The third kappa shape index (κ3) is 10.1. The van der Waals surface area contributed by atoms with Crippen molar-refractivity contribution in [3.05, 3.63) is 83.9 Å². The van der Waals surface area contributed by atoms with Gasteiger partial charge in [-0.25, -0.2) is 0 Å². The molecule has 2 aromatic carbocycles. The zero-order valence-corrected chi connectivity index (χ0v) is 22.2. The summed E-state index contributed by atoms with van der Waals surface area (Å²) in [6.07, 6.45) is 7.37. The average Bonchev–Trinajstić information content (AvgIpc) is 2.92. The van der Waals surface area contributed by atoms with Gasteiger partial charge in [0.05, 0.1) is 31.0 Å². The highest BCUT2D eigenvalue weighted by Gasteiger charge is 2.25. The molecule has 7 nitrogen and oxygen atoms in total. The lowest BCUT2D eigenvalue weighted by Gasteiger charge is -2.22. The Balaban J connectivity index is 1.59. The first-order chi connectivity index (χ1) is 18.4. The summed E-state index contributed by atoms with van der Waals surface area (Å²) < 4.78 is 5.69. The second-order valence-electron chi connectivity index (χ2n) is 10.1. The minimum absolute atomic E-state index is 0.00871. The van der Waals surface area contributed by atoms with Gasteiger partial charge in [0, 0.05) is 6.42 Å². The Morgan fingerprint density at radius 2 is 1.71 bits per heavy atom. The molecule has 0 spiro atoms. The number of carbonyl (C=O) groups is 3. The van der Waals surface area contributed by atoms with E-state index in [0.717, 1.165) is 24.0 Å². The van der Waals surface area contributed by atoms with E-state index in [4.69, 9.17) is 4.74 Å². The van der Waals surface area contributed by atoms with E-state index in [1.807, 2.05) is 72.8 Å². The summed E-state index contributed by atoms with van der Waals surface area (Å²) in [5.41, 5.74) is 2.11. The van der Waals surface area contributed by atoms with Gasteiger partial charge < -0.3 is 20.5 Å². The number of carbonyl (C=O) groups excluding carboxylic acids is 3. The SMILES string of the molecule is C[C@H]1CNC(=O)[C@@H](CC(=O)N[C@H](CO)Cc2ccccc2)CC=CCCC[C@H](Cc2ccccc2)C(=O)O1. The van der Waals surface area contributed by atoms with Gasteiger partial charge in [0.15, 0.2) is 0 Å². The molecule has 0 saturated carbocycles. The molecule has 204 valence electrons.